The second-order valence-corrected chi connectivity index (χ2v) is 3.82. The van der Waals surface area contributed by atoms with E-state index in [9.17, 15) is 4.79 Å². The second-order valence-electron chi connectivity index (χ2n) is 3.82. The van der Waals surface area contributed by atoms with Crippen LogP contribution >= 0.6 is 0 Å². The fourth-order valence-corrected chi connectivity index (χ4v) is 1.82. The highest BCUT2D eigenvalue weighted by Crippen LogP contribution is 2.21. The van der Waals surface area contributed by atoms with Crippen molar-refractivity contribution in [2.45, 2.75) is 19.9 Å². The van der Waals surface area contributed by atoms with Gasteiger partial charge in [0.2, 0.25) is 0 Å². The Morgan fingerprint density at radius 1 is 1.75 bits per heavy atom. The number of aromatic nitrogens is 1. The highest BCUT2D eigenvalue weighted by atomic mass is 16.5. The van der Waals surface area contributed by atoms with Crippen molar-refractivity contribution in [3.63, 3.8) is 0 Å². The van der Waals surface area contributed by atoms with E-state index in [1.807, 2.05) is 6.92 Å². The Bertz CT molecular complexity index is 411. The lowest BCUT2D eigenvalue weighted by molar-refractivity contribution is 0.184. The number of hydrogen-bond donors (Lipinski definition) is 1. The van der Waals surface area contributed by atoms with E-state index in [1.54, 1.807) is 11.0 Å². The highest BCUT2D eigenvalue weighted by molar-refractivity contribution is 5.74. The molecule has 2 heterocycles. The minimum absolute atomic E-state index is 0.0837. The molecule has 0 atom stereocenters. The van der Waals surface area contributed by atoms with Crippen LogP contribution in [0.25, 0.3) is 0 Å². The molecule has 1 aromatic rings. The van der Waals surface area contributed by atoms with Gasteiger partial charge in [-0.25, -0.2) is 4.79 Å². The maximum atomic E-state index is 11.7. The summed E-state index contributed by atoms with van der Waals surface area (Å²) in [5, 5.41) is 6.65. The molecule has 0 aliphatic carbocycles. The number of carbonyl (C=O) groups is 1. The van der Waals surface area contributed by atoms with Crippen LogP contribution in [0.4, 0.5) is 4.79 Å². The van der Waals surface area contributed by atoms with Crippen LogP contribution < -0.4 is 5.32 Å². The van der Waals surface area contributed by atoms with E-state index in [4.69, 9.17) is 4.52 Å². The zero-order valence-electron chi connectivity index (χ0n) is 9.32. The second kappa shape index (κ2) is 4.38. The van der Waals surface area contributed by atoms with E-state index >= 15 is 0 Å². The standard InChI is InChI=1S/C11H15N3O2/c1-3-5-12-11(15)14-6-4-9-8(2)13-16-10(9)7-14/h3H,1,4-7H2,2H3,(H,12,15). The molecule has 0 saturated carbocycles. The Balaban J connectivity index is 2.02. The Labute approximate surface area is 94.1 Å². The van der Waals surface area contributed by atoms with Crippen LogP contribution in [0.15, 0.2) is 17.2 Å². The fraction of sp³-hybridized carbons (Fsp3) is 0.455. The average Bonchev–Trinajstić information content (AvgIpc) is 2.67. The zero-order valence-corrected chi connectivity index (χ0v) is 9.32. The normalized spacial score (nSPS) is 14.4. The first-order valence-corrected chi connectivity index (χ1v) is 5.30. The van der Waals surface area contributed by atoms with Crippen LogP contribution in [-0.4, -0.2) is 29.2 Å². The zero-order chi connectivity index (χ0) is 11.5. The number of hydrogen-bond acceptors (Lipinski definition) is 3. The lowest BCUT2D eigenvalue weighted by Gasteiger charge is -2.25. The molecule has 0 fully saturated rings. The van der Waals surface area contributed by atoms with Crippen LogP contribution in [0, 0.1) is 6.92 Å². The molecular weight excluding hydrogens is 206 g/mol. The molecule has 0 spiro atoms. The van der Waals surface area contributed by atoms with Crippen molar-refractivity contribution in [2.75, 3.05) is 13.1 Å². The fourth-order valence-electron chi connectivity index (χ4n) is 1.82. The number of urea groups is 1. The quantitative estimate of drug-likeness (QED) is 0.764. The van der Waals surface area contributed by atoms with Gasteiger partial charge in [0.1, 0.15) is 0 Å². The molecule has 1 aromatic heterocycles. The lowest BCUT2D eigenvalue weighted by atomic mass is 10.1. The van der Waals surface area contributed by atoms with E-state index in [0.717, 1.165) is 23.4 Å². The van der Waals surface area contributed by atoms with Crippen LogP contribution in [0.5, 0.6) is 0 Å². The third-order valence-electron chi connectivity index (χ3n) is 2.72. The number of fused-ring (bicyclic) bond motifs is 1. The summed E-state index contributed by atoms with van der Waals surface area (Å²) in [5.41, 5.74) is 2.08. The molecule has 0 bridgehead atoms. The topological polar surface area (TPSA) is 58.4 Å². The molecular formula is C11H15N3O2. The van der Waals surface area contributed by atoms with Crippen molar-refractivity contribution in [1.29, 1.82) is 0 Å². The molecule has 1 N–H and O–H groups in total. The first-order chi connectivity index (χ1) is 7.72. The smallest absolute Gasteiger partial charge is 0.318 e. The lowest BCUT2D eigenvalue weighted by Crippen LogP contribution is -2.42. The van der Waals surface area contributed by atoms with Gasteiger partial charge < -0.3 is 14.7 Å². The van der Waals surface area contributed by atoms with Crippen molar-refractivity contribution >= 4 is 6.03 Å². The van der Waals surface area contributed by atoms with E-state index in [-0.39, 0.29) is 6.03 Å². The van der Waals surface area contributed by atoms with Gasteiger partial charge in [-0.2, -0.15) is 0 Å². The molecule has 1 aliphatic rings. The van der Waals surface area contributed by atoms with Gasteiger partial charge >= 0.3 is 6.03 Å². The van der Waals surface area contributed by atoms with Gasteiger partial charge in [0, 0.05) is 18.7 Å². The van der Waals surface area contributed by atoms with Gasteiger partial charge in [0.15, 0.2) is 5.76 Å². The molecule has 2 amide bonds. The van der Waals surface area contributed by atoms with Crippen LogP contribution in [0.2, 0.25) is 0 Å². The van der Waals surface area contributed by atoms with Crippen LogP contribution in [0.1, 0.15) is 17.0 Å². The number of rotatable bonds is 2. The predicted octanol–water partition coefficient (Wildman–Crippen LogP) is 1.24. The Hall–Kier alpha value is -1.78. The van der Waals surface area contributed by atoms with Crippen LogP contribution in [0.3, 0.4) is 0 Å². The maximum absolute atomic E-state index is 11.7. The monoisotopic (exact) mass is 221 g/mol. The largest absolute Gasteiger partial charge is 0.359 e. The van der Waals surface area contributed by atoms with Crippen molar-refractivity contribution in [1.82, 2.24) is 15.4 Å². The minimum atomic E-state index is -0.0837. The summed E-state index contributed by atoms with van der Waals surface area (Å²) < 4.78 is 5.18. The van der Waals surface area contributed by atoms with E-state index in [1.165, 1.54) is 0 Å². The Morgan fingerprint density at radius 2 is 2.56 bits per heavy atom. The summed E-state index contributed by atoms with van der Waals surface area (Å²) in [6, 6.07) is -0.0837. The molecule has 1 aliphatic heterocycles. The van der Waals surface area contributed by atoms with Gasteiger partial charge in [-0.1, -0.05) is 11.2 Å². The van der Waals surface area contributed by atoms with Gasteiger partial charge in [-0.3, -0.25) is 0 Å². The molecule has 5 heteroatoms. The average molecular weight is 221 g/mol. The molecule has 0 saturated heterocycles. The van der Waals surface area contributed by atoms with Gasteiger partial charge in [-0.15, -0.1) is 6.58 Å². The third-order valence-corrected chi connectivity index (χ3v) is 2.72. The van der Waals surface area contributed by atoms with Crippen LogP contribution in [-0.2, 0) is 13.0 Å². The molecule has 0 aromatic carbocycles. The summed E-state index contributed by atoms with van der Waals surface area (Å²) in [5.74, 6) is 0.803. The Kier molecular flexibility index (Phi) is 2.94. The Morgan fingerprint density at radius 3 is 3.31 bits per heavy atom. The van der Waals surface area contributed by atoms with E-state index < -0.39 is 0 Å². The van der Waals surface area contributed by atoms with E-state index in [2.05, 4.69) is 17.1 Å². The minimum Gasteiger partial charge on any atom is -0.359 e. The number of carbonyl (C=O) groups excluding carboxylic acids is 1. The van der Waals surface area contributed by atoms with Crippen molar-refractivity contribution in [3.05, 3.63) is 29.7 Å². The molecule has 2 rings (SSSR count). The molecule has 0 unspecified atom stereocenters. The summed E-state index contributed by atoms with van der Waals surface area (Å²) in [6.07, 6.45) is 2.47. The first-order valence-electron chi connectivity index (χ1n) is 5.30. The van der Waals surface area contributed by atoms with E-state index in [0.29, 0.717) is 19.6 Å². The summed E-state index contributed by atoms with van der Waals surface area (Å²) >= 11 is 0. The summed E-state index contributed by atoms with van der Waals surface area (Å²) in [4.78, 5) is 13.4. The van der Waals surface area contributed by atoms with Crippen molar-refractivity contribution in [3.8, 4) is 0 Å². The highest BCUT2D eigenvalue weighted by Gasteiger charge is 2.25. The van der Waals surface area contributed by atoms with Gasteiger partial charge in [-0.05, 0) is 13.3 Å². The molecule has 86 valence electrons. The number of nitrogens with zero attached hydrogens (tertiary/aromatic N) is 2. The number of nitrogens with one attached hydrogen (secondary N) is 1. The van der Waals surface area contributed by atoms with Gasteiger partial charge in [0.25, 0.3) is 0 Å². The van der Waals surface area contributed by atoms with Crippen molar-refractivity contribution in [2.24, 2.45) is 0 Å². The first kappa shape index (κ1) is 10.7. The SMILES string of the molecule is C=CCNC(=O)N1CCc2c(C)noc2C1. The summed E-state index contributed by atoms with van der Waals surface area (Å²) in [6.45, 7) is 7.17. The van der Waals surface area contributed by atoms with Crippen molar-refractivity contribution < 1.29 is 9.32 Å². The third kappa shape index (κ3) is 1.93. The summed E-state index contributed by atoms with van der Waals surface area (Å²) in [7, 11) is 0. The molecule has 16 heavy (non-hydrogen) atoms. The number of aryl methyl sites for hydroxylation is 1. The van der Waals surface area contributed by atoms with Gasteiger partial charge in [0.05, 0.1) is 12.2 Å². The molecule has 0 radical (unpaired) electrons. The molecule has 5 nitrogen and oxygen atoms in total. The predicted molar refractivity (Wildman–Crippen MR) is 58.9 cm³/mol. The maximum Gasteiger partial charge on any atom is 0.318 e. The number of amides is 2.